The summed E-state index contributed by atoms with van der Waals surface area (Å²) in [5.74, 6) is -1.09. The van der Waals surface area contributed by atoms with Gasteiger partial charge in [0.2, 0.25) is 0 Å². The summed E-state index contributed by atoms with van der Waals surface area (Å²) in [6, 6.07) is 3.91. The minimum Gasteiger partial charge on any atom is -0.370 e. The van der Waals surface area contributed by atoms with Gasteiger partial charge in [-0.3, -0.25) is 9.59 Å². The van der Waals surface area contributed by atoms with Crippen molar-refractivity contribution in [3.8, 4) is 0 Å². The first-order valence-corrected chi connectivity index (χ1v) is 10.1. The smallest absolute Gasteiger partial charge is 0.280 e. The standard InChI is InChI=1S/C17H23N3O4S.ClH/c1-25(23,24)15-10-12(16(22)20-17(18)19)7-8-13(15)14(21)9-11-5-3-2-4-6-11;/h7-8,10-11H,2-6,9H2,1H3,(H4,18,19,20,22);1H. The molecule has 26 heavy (non-hydrogen) atoms. The number of carbonyl (C=O) groups is 2. The summed E-state index contributed by atoms with van der Waals surface area (Å²) < 4.78 is 24.2. The summed E-state index contributed by atoms with van der Waals surface area (Å²) >= 11 is 0. The van der Waals surface area contributed by atoms with Crippen LogP contribution in [0.5, 0.6) is 0 Å². The zero-order valence-corrected chi connectivity index (χ0v) is 16.2. The molecule has 0 atom stereocenters. The number of aliphatic imine (C=N–C) groups is 1. The highest BCUT2D eigenvalue weighted by Crippen LogP contribution is 2.29. The van der Waals surface area contributed by atoms with E-state index in [4.69, 9.17) is 11.5 Å². The molecular weight excluding hydrogens is 378 g/mol. The highest BCUT2D eigenvalue weighted by molar-refractivity contribution is 7.90. The predicted molar refractivity (Wildman–Crippen MR) is 102 cm³/mol. The van der Waals surface area contributed by atoms with E-state index >= 15 is 0 Å². The highest BCUT2D eigenvalue weighted by atomic mass is 35.5. The number of Topliss-reactive ketones (excluding diaryl/α,β-unsaturated/α-hetero) is 1. The first-order valence-electron chi connectivity index (χ1n) is 8.19. The second kappa shape index (κ2) is 9.14. The Bertz CT molecular complexity index is 811. The second-order valence-electron chi connectivity index (χ2n) is 6.46. The number of rotatable bonds is 5. The van der Waals surface area contributed by atoms with Gasteiger partial charge < -0.3 is 11.5 Å². The van der Waals surface area contributed by atoms with Crippen molar-refractivity contribution >= 4 is 39.9 Å². The molecule has 4 N–H and O–H groups in total. The van der Waals surface area contributed by atoms with Gasteiger partial charge in [0.1, 0.15) is 0 Å². The van der Waals surface area contributed by atoms with Crippen LogP contribution in [0.1, 0.15) is 59.2 Å². The normalized spacial score (nSPS) is 15.0. The van der Waals surface area contributed by atoms with Crippen LogP contribution in [-0.4, -0.2) is 32.3 Å². The Morgan fingerprint density at radius 2 is 1.77 bits per heavy atom. The van der Waals surface area contributed by atoms with Crippen molar-refractivity contribution in [2.24, 2.45) is 22.4 Å². The maximum atomic E-state index is 12.6. The Morgan fingerprint density at radius 1 is 1.15 bits per heavy atom. The molecule has 2 rings (SSSR count). The first-order chi connectivity index (χ1) is 11.7. The summed E-state index contributed by atoms with van der Waals surface area (Å²) in [4.78, 5) is 27.8. The zero-order valence-electron chi connectivity index (χ0n) is 14.6. The molecular formula is C17H24ClN3O4S. The molecule has 0 heterocycles. The molecule has 0 unspecified atom stereocenters. The third-order valence-electron chi connectivity index (χ3n) is 4.36. The van der Waals surface area contributed by atoms with E-state index in [1.807, 2.05) is 0 Å². The van der Waals surface area contributed by atoms with E-state index in [2.05, 4.69) is 4.99 Å². The van der Waals surface area contributed by atoms with Crippen molar-refractivity contribution in [3.63, 3.8) is 0 Å². The average Bonchev–Trinajstić information content (AvgIpc) is 2.53. The number of nitrogens with two attached hydrogens (primary N) is 2. The topological polar surface area (TPSA) is 133 Å². The van der Waals surface area contributed by atoms with Gasteiger partial charge in [-0.05, 0) is 24.1 Å². The molecule has 0 radical (unpaired) electrons. The molecule has 0 spiro atoms. The van der Waals surface area contributed by atoms with E-state index in [-0.39, 0.29) is 40.1 Å². The number of amides is 1. The van der Waals surface area contributed by atoms with Gasteiger partial charge in [-0.25, -0.2) is 8.42 Å². The lowest BCUT2D eigenvalue weighted by Gasteiger charge is -2.21. The Balaban J connectivity index is 0.00000338. The van der Waals surface area contributed by atoms with Crippen LogP contribution in [0.3, 0.4) is 0 Å². The fourth-order valence-corrected chi connectivity index (χ4v) is 4.06. The monoisotopic (exact) mass is 401 g/mol. The predicted octanol–water partition coefficient (Wildman–Crippen LogP) is 2.08. The number of halogens is 1. The Labute approximate surface area is 159 Å². The number of guanidine groups is 1. The van der Waals surface area contributed by atoms with Gasteiger partial charge in [0, 0.05) is 23.8 Å². The molecule has 0 aromatic heterocycles. The molecule has 1 amide bonds. The third-order valence-corrected chi connectivity index (χ3v) is 5.49. The molecule has 1 aromatic rings. The van der Waals surface area contributed by atoms with Crippen molar-refractivity contribution in [3.05, 3.63) is 29.3 Å². The summed E-state index contributed by atoms with van der Waals surface area (Å²) in [7, 11) is -3.69. The van der Waals surface area contributed by atoms with Crippen molar-refractivity contribution in [1.29, 1.82) is 0 Å². The van der Waals surface area contributed by atoms with E-state index in [0.717, 1.165) is 38.0 Å². The molecule has 0 bridgehead atoms. The molecule has 1 aliphatic carbocycles. The first kappa shape index (κ1) is 22.1. The molecule has 9 heteroatoms. The number of carbonyl (C=O) groups excluding carboxylic acids is 2. The van der Waals surface area contributed by atoms with E-state index in [1.165, 1.54) is 18.6 Å². The highest BCUT2D eigenvalue weighted by Gasteiger charge is 2.24. The van der Waals surface area contributed by atoms with Crippen LogP contribution in [0.25, 0.3) is 0 Å². The summed E-state index contributed by atoms with van der Waals surface area (Å²) in [6.45, 7) is 0. The van der Waals surface area contributed by atoms with Crippen LogP contribution in [-0.2, 0) is 9.84 Å². The van der Waals surface area contributed by atoms with Gasteiger partial charge in [0.05, 0.1) is 4.90 Å². The molecule has 1 aromatic carbocycles. The van der Waals surface area contributed by atoms with E-state index < -0.39 is 21.7 Å². The number of nitrogens with zero attached hydrogens (tertiary/aromatic N) is 1. The average molecular weight is 402 g/mol. The molecule has 0 aliphatic heterocycles. The Kier molecular flexibility index (Phi) is 7.77. The van der Waals surface area contributed by atoms with Gasteiger partial charge >= 0.3 is 0 Å². The van der Waals surface area contributed by atoms with Crippen LogP contribution in [0, 0.1) is 5.92 Å². The SMILES string of the molecule is CS(=O)(=O)c1cc(C(=O)N=C(N)N)ccc1C(=O)CC1CCCCC1.Cl. The minimum atomic E-state index is -3.69. The lowest BCUT2D eigenvalue weighted by Crippen LogP contribution is -2.24. The molecule has 0 saturated heterocycles. The van der Waals surface area contributed by atoms with Crippen LogP contribution in [0.2, 0.25) is 0 Å². The quantitative estimate of drug-likeness (QED) is 0.440. The number of hydrogen-bond acceptors (Lipinski definition) is 4. The van der Waals surface area contributed by atoms with Crippen LogP contribution in [0.15, 0.2) is 28.1 Å². The molecule has 1 fully saturated rings. The number of ketones is 1. The summed E-state index contributed by atoms with van der Waals surface area (Å²) in [6.07, 6.45) is 6.69. The minimum absolute atomic E-state index is 0. The van der Waals surface area contributed by atoms with E-state index in [1.54, 1.807) is 0 Å². The van der Waals surface area contributed by atoms with Crippen LogP contribution >= 0.6 is 12.4 Å². The van der Waals surface area contributed by atoms with Crippen LogP contribution in [0.4, 0.5) is 0 Å². The molecule has 1 saturated carbocycles. The fourth-order valence-electron chi connectivity index (χ4n) is 3.14. The summed E-state index contributed by atoms with van der Waals surface area (Å²) in [5, 5.41) is 0. The van der Waals surface area contributed by atoms with Crippen molar-refractivity contribution in [2.75, 3.05) is 6.26 Å². The third kappa shape index (κ3) is 5.81. The second-order valence-corrected chi connectivity index (χ2v) is 8.44. The van der Waals surface area contributed by atoms with Gasteiger partial charge in [-0.15, -0.1) is 12.4 Å². The largest absolute Gasteiger partial charge is 0.370 e. The number of sulfone groups is 1. The zero-order chi connectivity index (χ0) is 18.6. The van der Waals surface area contributed by atoms with Gasteiger partial charge in [0.15, 0.2) is 21.6 Å². The number of hydrogen-bond donors (Lipinski definition) is 2. The lowest BCUT2D eigenvalue weighted by molar-refractivity contribution is 0.0944. The van der Waals surface area contributed by atoms with Gasteiger partial charge in [-0.2, -0.15) is 4.99 Å². The van der Waals surface area contributed by atoms with E-state index in [0.29, 0.717) is 6.42 Å². The Morgan fingerprint density at radius 3 is 2.31 bits per heavy atom. The Hall–Kier alpha value is -1.93. The van der Waals surface area contributed by atoms with Crippen molar-refractivity contribution in [2.45, 2.75) is 43.4 Å². The number of benzene rings is 1. The van der Waals surface area contributed by atoms with Crippen molar-refractivity contribution < 1.29 is 18.0 Å². The molecule has 1 aliphatic rings. The van der Waals surface area contributed by atoms with Gasteiger partial charge in [-0.1, -0.05) is 32.1 Å². The van der Waals surface area contributed by atoms with Gasteiger partial charge in [0.25, 0.3) is 5.91 Å². The fraction of sp³-hybridized carbons (Fsp3) is 0.471. The maximum Gasteiger partial charge on any atom is 0.280 e. The van der Waals surface area contributed by atoms with Crippen molar-refractivity contribution in [1.82, 2.24) is 0 Å². The summed E-state index contributed by atoms with van der Waals surface area (Å²) in [5.41, 5.74) is 10.5. The molecule has 144 valence electrons. The lowest BCUT2D eigenvalue weighted by atomic mass is 9.84. The molecule has 7 nitrogen and oxygen atoms in total. The van der Waals surface area contributed by atoms with Crippen LogP contribution < -0.4 is 11.5 Å². The van der Waals surface area contributed by atoms with E-state index in [9.17, 15) is 18.0 Å². The maximum absolute atomic E-state index is 12.6.